The number of piperidine rings is 2. The van der Waals surface area contributed by atoms with Crippen molar-refractivity contribution in [2.45, 2.75) is 63.3 Å². The largest absolute Gasteiger partial charge is 0.461 e. The predicted molar refractivity (Wildman–Crippen MR) is 115 cm³/mol. The Morgan fingerprint density at radius 1 is 1.00 bits per heavy atom. The van der Waals surface area contributed by atoms with Crippen LogP contribution in [-0.2, 0) is 11.3 Å². The summed E-state index contributed by atoms with van der Waals surface area (Å²) < 4.78 is 61.1. The highest BCUT2D eigenvalue weighted by atomic mass is 19.3. The van der Waals surface area contributed by atoms with Gasteiger partial charge in [-0.3, -0.25) is 4.79 Å². The maximum Gasteiger partial charge on any atom is 0.461 e. The molecular weight excluding hydrogens is 454 g/mol. The summed E-state index contributed by atoms with van der Waals surface area (Å²) in [6, 6.07) is 14.0. The van der Waals surface area contributed by atoms with E-state index in [1.165, 1.54) is 12.1 Å². The maximum atomic E-state index is 13.3. The van der Waals surface area contributed by atoms with Crippen LogP contribution in [0, 0.1) is 5.92 Å². The Morgan fingerprint density at radius 2 is 1.68 bits per heavy atom. The highest BCUT2D eigenvalue weighted by Crippen LogP contribution is 2.39. The summed E-state index contributed by atoms with van der Waals surface area (Å²) in [5.41, 5.74) is 0.997. The molecule has 9 heteroatoms. The second-order valence-corrected chi connectivity index (χ2v) is 8.71. The van der Waals surface area contributed by atoms with E-state index in [0.29, 0.717) is 12.8 Å². The molecule has 2 aliphatic rings. The molecule has 2 aliphatic heterocycles. The second-order valence-electron chi connectivity index (χ2n) is 8.71. The Balaban J connectivity index is 1.42. The first-order chi connectivity index (χ1) is 16.2. The molecule has 0 saturated carbocycles. The third-order valence-electron chi connectivity index (χ3n) is 6.39. The fourth-order valence-electron chi connectivity index (χ4n) is 4.84. The quantitative estimate of drug-likeness (QED) is 0.357. The van der Waals surface area contributed by atoms with Crippen LogP contribution in [0.5, 0.6) is 5.75 Å². The van der Waals surface area contributed by atoms with Crippen molar-refractivity contribution < 1.29 is 36.6 Å². The van der Waals surface area contributed by atoms with Gasteiger partial charge in [0.1, 0.15) is 12.4 Å². The fraction of sp³-hybridized carbons (Fsp3) is 0.440. The summed E-state index contributed by atoms with van der Waals surface area (Å²) in [7, 11) is 0. The molecule has 2 heterocycles. The number of halogens is 4. The Kier molecular flexibility index (Phi) is 7.09. The summed E-state index contributed by atoms with van der Waals surface area (Å²) >= 11 is 0. The van der Waals surface area contributed by atoms with E-state index in [2.05, 4.69) is 4.74 Å². The highest BCUT2D eigenvalue weighted by Gasteiger charge is 2.45. The summed E-state index contributed by atoms with van der Waals surface area (Å²) in [6.45, 7) is 0.161. The van der Waals surface area contributed by atoms with Crippen LogP contribution in [0.2, 0.25) is 0 Å². The number of benzene rings is 2. The van der Waals surface area contributed by atoms with Crippen LogP contribution in [0.25, 0.3) is 0 Å². The molecule has 5 nitrogen and oxygen atoms in total. The van der Waals surface area contributed by atoms with Crippen molar-refractivity contribution in [2.24, 2.45) is 5.92 Å². The highest BCUT2D eigenvalue weighted by molar-refractivity contribution is 5.98. The lowest BCUT2D eigenvalue weighted by atomic mass is 9.76. The molecule has 0 radical (unpaired) electrons. The molecule has 182 valence electrons. The molecule has 2 atom stereocenters. The van der Waals surface area contributed by atoms with Gasteiger partial charge in [-0.25, -0.2) is 4.79 Å². The summed E-state index contributed by atoms with van der Waals surface area (Å²) in [4.78, 5) is 27.7. The van der Waals surface area contributed by atoms with E-state index < -0.39 is 30.3 Å². The van der Waals surface area contributed by atoms with Gasteiger partial charge < -0.3 is 14.4 Å². The van der Waals surface area contributed by atoms with Gasteiger partial charge in [-0.1, -0.05) is 42.5 Å². The van der Waals surface area contributed by atoms with Gasteiger partial charge in [0.15, 0.2) is 5.78 Å². The van der Waals surface area contributed by atoms with Crippen molar-refractivity contribution in [1.82, 2.24) is 4.90 Å². The lowest BCUT2D eigenvalue weighted by Crippen LogP contribution is -2.55. The van der Waals surface area contributed by atoms with Crippen LogP contribution >= 0.6 is 0 Å². The molecule has 2 bridgehead atoms. The van der Waals surface area contributed by atoms with Crippen molar-refractivity contribution in [1.29, 1.82) is 0 Å². The lowest BCUT2D eigenvalue weighted by molar-refractivity contribution is -0.253. The number of amides is 1. The number of Topliss-reactive ketones (excluding diaryl/α,β-unsaturated/α-hetero) is 1. The van der Waals surface area contributed by atoms with E-state index in [9.17, 15) is 27.2 Å². The van der Waals surface area contributed by atoms with E-state index in [4.69, 9.17) is 4.74 Å². The van der Waals surface area contributed by atoms with Gasteiger partial charge in [0.25, 0.3) is 0 Å². The third kappa shape index (κ3) is 5.34. The van der Waals surface area contributed by atoms with Gasteiger partial charge in [0, 0.05) is 23.6 Å². The third-order valence-corrected chi connectivity index (χ3v) is 6.39. The number of fused-ring (bicyclic) bond motifs is 2. The number of ketones is 1. The van der Waals surface area contributed by atoms with E-state index in [0.717, 1.165) is 37.0 Å². The van der Waals surface area contributed by atoms with Crippen molar-refractivity contribution in [3.8, 4) is 5.75 Å². The Labute approximate surface area is 194 Å². The van der Waals surface area contributed by atoms with Gasteiger partial charge in [-0.05, 0) is 49.8 Å². The average molecular weight is 479 g/mol. The number of nitrogens with zero attached hydrogens (tertiary/aromatic N) is 1. The molecule has 0 aromatic heterocycles. The molecule has 2 fully saturated rings. The molecule has 0 N–H and O–H groups in total. The molecule has 2 unspecified atom stereocenters. The van der Waals surface area contributed by atoms with E-state index in [1.54, 1.807) is 4.90 Å². The molecule has 2 aromatic carbocycles. The molecule has 4 rings (SSSR count). The number of carbonyl (C=O) groups is 2. The minimum Gasteiger partial charge on any atom is -0.445 e. The second kappa shape index (κ2) is 10.0. The van der Waals surface area contributed by atoms with Gasteiger partial charge in [0.2, 0.25) is 0 Å². The first-order valence-electron chi connectivity index (χ1n) is 11.2. The van der Waals surface area contributed by atoms with Crippen LogP contribution in [-0.4, -0.2) is 41.4 Å². The average Bonchev–Trinajstić information content (AvgIpc) is 2.81. The normalized spacial score (nSPS) is 22.4. The van der Waals surface area contributed by atoms with E-state index in [1.807, 2.05) is 30.3 Å². The molecular formula is C25H25F4NO4. The first kappa shape index (κ1) is 24.0. The smallest absolute Gasteiger partial charge is 0.445 e. The molecule has 0 spiro atoms. The van der Waals surface area contributed by atoms with Crippen molar-refractivity contribution >= 4 is 11.9 Å². The molecule has 2 aromatic rings. The van der Waals surface area contributed by atoms with Gasteiger partial charge in [-0.2, -0.15) is 17.6 Å². The number of ether oxygens (including phenoxy) is 2. The summed E-state index contributed by atoms with van der Waals surface area (Å²) in [5.74, 6) is -1.20. The van der Waals surface area contributed by atoms with Crippen LogP contribution in [0.1, 0.15) is 48.0 Å². The maximum absolute atomic E-state index is 13.3. The topological polar surface area (TPSA) is 55.8 Å². The Bertz CT molecular complexity index is 1000. The van der Waals surface area contributed by atoms with Crippen molar-refractivity contribution in [3.05, 3.63) is 65.7 Å². The van der Waals surface area contributed by atoms with E-state index >= 15 is 0 Å². The standard InChI is InChI=1S/C25H25F4NO4/c26-23(27)25(28,29)34-21-11-4-8-17(14-21)22(31)18-12-19-9-5-10-20(13-18)30(19)24(32)33-15-16-6-2-1-3-7-16/h1-4,6-8,11,14,18-20,23H,5,9-10,12-13,15H2. The monoisotopic (exact) mass is 479 g/mol. The number of alkyl halides is 4. The van der Waals surface area contributed by atoms with Gasteiger partial charge in [0.05, 0.1) is 0 Å². The molecule has 2 saturated heterocycles. The minimum absolute atomic E-state index is 0.116. The van der Waals surface area contributed by atoms with Crippen LogP contribution in [0.3, 0.4) is 0 Å². The molecule has 1 amide bonds. The van der Waals surface area contributed by atoms with Crippen molar-refractivity contribution in [3.63, 3.8) is 0 Å². The molecule has 34 heavy (non-hydrogen) atoms. The summed E-state index contributed by atoms with van der Waals surface area (Å²) in [6.07, 6.45) is -5.78. The number of hydrogen-bond donors (Lipinski definition) is 0. The summed E-state index contributed by atoms with van der Waals surface area (Å²) in [5, 5.41) is 0. The zero-order valence-corrected chi connectivity index (χ0v) is 18.3. The number of hydrogen-bond acceptors (Lipinski definition) is 4. The van der Waals surface area contributed by atoms with Crippen LogP contribution < -0.4 is 4.74 Å². The molecule has 0 aliphatic carbocycles. The zero-order valence-electron chi connectivity index (χ0n) is 18.3. The van der Waals surface area contributed by atoms with Crippen LogP contribution in [0.15, 0.2) is 54.6 Å². The minimum atomic E-state index is -4.65. The number of carbonyl (C=O) groups excluding carboxylic acids is 2. The predicted octanol–water partition coefficient (Wildman–Crippen LogP) is 6.08. The Hall–Kier alpha value is -3.10. The van der Waals surface area contributed by atoms with E-state index in [-0.39, 0.29) is 30.0 Å². The number of rotatable bonds is 7. The SMILES string of the molecule is O=C(c1cccc(OC(F)(F)C(F)F)c1)C1CC2CCCC(C1)N2C(=O)OCc1ccccc1. The van der Waals surface area contributed by atoms with Gasteiger partial charge in [-0.15, -0.1) is 0 Å². The zero-order chi connectivity index (χ0) is 24.3. The Morgan fingerprint density at radius 3 is 2.32 bits per heavy atom. The van der Waals surface area contributed by atoms with Gasteiger partial charge >= 0.3 is 18.6 Å². The fourth-order valence-corrected chi connectivity index (χ4v) is 4.84. The van der Waals surface area contributed by atoms with Crippen molar-refractivity contribution in [2.75, 3.05) is 0 Å². The lowest BCUT2D eigenvalue weighted by Gasteiger charge is -2.47. The first-order valence-corrected chi connectivity index (χ1v) is 11.2. The van der Waals surface area contributed by atoms with Crippen LogP contribution in [0.4, 0.5) is 22.4 Å².